The Morgan fingerprint density at radius 3 is 3.05 bits per heavy atom. The van der Waals surface area contributed by atoms with Gasteiger partial charge in [-0.15, -0.1) is 11.3 Å². The summed E-state index contributed by atoms with van der Waals surface area (Å²) in [6.45, 7) is 2.80. The molecule has 0 spiro atoms. The van der Waals surface area contributed by atoms with Crippen LogP contribution in [0.2, 0.25) is 0 Å². The first-order valence-electron chi connectivity index (χ1n) is 6.31. The first kappa shape index (κ1) is 12.9. The van der Waals surface area contributed by atoms with Crippen LogP contribution in [0.5, 0.6) is 11.5 Å². The Balaban J connectivity index is 1.56. The maximum Gasteiger partial charge on any atom is 0.251 e. The van der Waals surface area contributed by atoms with Crippen LogP contribution in [0.1, 0.15) is 20.2 Å². The Labute approximate surface area is 120 Å². The third-order valence-electron chi connectivity index (χ3n) is 2.93. The lowest BCUT2D eigenvalue weighted by Crippen LogP contribution is -2.25. The number of ether oxygens (including phenoxy) is 2. The average molecular weight is 290 g/mol. The molecule has 0 saturated heterocycles. The van der Waals surface area contributed by atoms with Gasteiger partial charge >= 0.3 is 0 Å². The summed E-state index contributed by atoms with van der Waals surface area (Å²) in [5.74, 6) is 1.18. The van der Waals surface area contributed by atoms with Gasteiger partial charge < -0.3 is 14.8 Å². The van der Waals surface area contributed by atoms with Gasteiger partial charge in [0.05, 0.1) is 5.01 Å². The molecule has 2 aromatic rings. The highest BCUT2D eigenvalue weighted by molar-refractivity contribution is 7.11. The fourth-order valence-corrected chi connectivity index (χ4v) is 2.73. The average Bonchev–Trinajstić information content (AvgIpc) is 3.06. The molecule has 1 amide bonds. The number of hydrogen-bond acceptors (Lipinski definition) is 5. The summed E-state index contributed by atoms with van der Waals surface area (Å²) in [6, 6.07) is 5.18. The standard InChI is InChI=1S/C14H14N2O3S/c1-9-7-16-13(20-9)4-5-15-14(17)10-2-3-11-12(6-10)19-8-18-11/h2-3,6-7H,4-5,8H2,1H3,(H,15,17). The smallest absolute Gasteiger partial charge is 0.251 e. The summed E-state index contributed by atoms with van der Waals surface area (Å²) in [6.07, 6.45) is 2.59. The zero-order valence-electron chi connectivity index (χ0n) is 11.0. The molecule has 1 aromatic heterocycles. The molecule has 1 aromatic carbocycles. The van der Waals surface area contributed by atoms with Crippen molar-refractivity contribution in [2.75, 3.05) is 13.3 Å². The zero-order chi connectivity index (χ0) is 13.9. The summed E-state index contributed by atoms with van der Waals surface area (Å²) >= 11 is 1.65. The first-order chi connectivity index (χ1) is 9.72. The maximum atomic E-state index is 12.0. The highest BCUT2D eigenvalue weighted by atomic mass is 32.1. The Hall–Kier alpha value is -2.08. The van der Waals surface area contributed by atoms with Gasteiger partial charge in [-0.05, 0) is 25.1 Å². The van der Waals surface area contributed by atoms with Crippen molar-refractivity contribution in [2.45, 2.75) is 13.3 Å². The largest absolute Gasteiger partial charge is 0.454 e. The van der Waals surface area contributed by atoms with Crippen LogP contribution in [0.3, 0.4) is 0 Å². The Morgan fingerprint density at radius 1 is 1.40 bits per heavy atom. The van der Waals surface area contributed by atoms with Gasteiger partial charge in [-0.1, -0.05) is 0 Å². The van der Waals surface area contributed by atoms with Gasteiger partial charge in [-0.3, -0.25) is 4.79 Å². The number of benzene rings is 1. The fourth-order valence-electron chi connectivity index (χ4n) is 1.94. The van der Waals surface area contributed by atoms with Crippen LogP contribution in [0.15, 0.2) is 24.4 Å². The van der Waals surface area contributed by atoms with E-state index in [1.54, 1.807) is 29.5 Å². The molecule has 0 atom stereocenters. The third-order valence-corrected chi connectivity index (χ3v) is 3.90. The molecule has 0 unspecified atom stereocenters. The number of nitrogens with zero attached hydrogens (tertiary/aromatic N) is 1. The molecule has 1 aliphatic heterocycles. The molecule has 0 aliphatic carbocycles. The number of thiazole rings is 1. The summed E-state index contributed by atoms with van der Waals surface area (Å²) in [5, 5.41) is 3.91. The number of fused-ring (bicyclic) bond motifs is 1. The molecule has 6 heteroatoms. The number of aryl methyl sites for hydroxylation is 1. The number of nitrogens with one attached hydrogen (secondary N) is 1. The Bertz CT molecular complexity index is 639. The van der Waals surface area contributed by atoms with Gasteiger partial charge in [-0.2, -0.15) is 0 Å². The van der Waals surface area contributed by atoms with Gasteiger partial charge in [-0.25, -0.2) is 4.98 Å². The second kappa shape index (κ2) is 5.50. The van der Waals surface area contributed by atoms with Crippen LogP contribution in [0, 0.1) is 6.92 Å². The summed E-state index contributed by atoms with van der Waals surface area (Å²) in [4.78, 5) is 17.5. The van der Waals surface area contributed by atoms with Gasteiger partial charge in [0.15, 0.2) is 11.5 Å². The van der Waals surface area contributed by atoms with Gasteiger partial charge in [0.2, 0.25) is 6.79 Å². The van der Waals surface area contributed by atoms with E-state index in [0.29, 0.717) is 23.6 Å². The van der Waals surface area contributed by atoms with Crippen molar-refractivity contribution in [3.05, 3.63) is 39.8 Å². The van der Waals surface area contributed by atoms with Crippen molar-refractivity contribution in [1.82, 2.24) is 10.3 Å². The topological polar surface area (TPSA) is 60.5 Å². The Kier molecular flexibility index (Phi) is 3.56. The van der Waals surface area contributed by atoms with E-state index >= 15 is 0 Å². The lowest BCUT2D eigenvalue weighted by atomic mass is 10.2. The van der Waals surface area contributed by atoms with Crippen LogP contribution in [0.25, 0.3) is 0 Å². The molecule has 0 fully saturated rings. The number of rotatable bonds is 4. The van der Waals surface area contributed by atoms with Gasteiger partial charge in [0, 0.05) is 29.6 Å². The SMILES string of the molecule is Cc1cnc(CCNC(=O)c2ccc3c(c2)OCO3)s1. The van der Waals surface area contributed by atoms with E-state index in [0.717, 1.165) is 11.4 Å². The monoisotopic (exact) mass is 290 g/mol. The van der Waals surface area contributed by atoms with Crippen LogP contribution >= 0.6 is 11.3 Å². The molecule has 0 saturated carbocycles. The van der Waals surface area contributed by atoms with E-state index in [4.69, 9.17) is 9.47 Å². The number of hydrogen-bond donors (Lipinski definition) is 1. The molecule has 104 valence electrons. The quantitative estimate of drug-likeness (QED) is 0.937. The van der Waals surface area contributed by atoms with Gasteiger partial charge in [0.1, 0.15) is 0 Å². The van der Waals surface area contributed by atoms with Crippen molar-refractivity contribution in [1.29, 1.82) is 0 Å². The molecule has 20 heavy (non-hydrogen) atoms. The second-order valence-electron chi connectivity index (χ2n) is 4.44. The van der Waals surface area contributed by atoms with E-state index in [2.05, 4.69) is 10.3 Å². The van der Waals surface area contributed by atoms with Crippen LogP contribution < -0.4 is 14.8 Å². The lowest BCUT2D eigenvalue weighted by molar-refractivity contribution is 0.0953. The number of carbonyl (C=O) groups excluding carboxylic acids is 1. The van der Waals surface area contributed by atoms with Crippen molar-refractivity contribution in [3.8, 4) is 11.5 Å². The molecule has 5 nitrogen and oxygen atoms in total. The second-order valence-corrected chi connectivity index (χ2v) is 5.76. The van der Waals surface area contributed by atoms with Crippen molar-refractivity contribution in [3.63, 3.8) is 0 Å². The molecular formula is C14H14N2O3S. The van der Waals surface area contributed by atoms with Crippen LogP contribution in [-0.4, -0.2) is 24.2 Å². The van der Waals surface area contributed by atoms with E-state index in [-0.39, 0.29) is 12.7 Å². The molecule has 1 aliphatic rings. The normalized spacial score (nSPS) is 12.4. The lowest BCUT2D eigenvalue weighted by Gasteiger charge is -2.05. The summed E-state index contributed by atoms with van der Waals surface area (Å²) in [7, 11) is 0. The minimum absolute atomic E-state index is 0.114. The third kappa shape index (κ3) is 2.75. The molecule has 0 bridgehead atoms. The van der Waals surface area contributed by atoms with Crippen molar-refractivity contribution >= 4 is 17.2 Å². The Morgan fingerprint density at radius 2 is 2.25 bits per heavy atom. The molecule has 3 rings (SSSR count). The minimum Gasteiger partial charge on any atom is -0.454 e. The highest BCUT2D eigenvalue weighted by Gasteiger charge is 2.15. The number of aromatic nitrogens is 1. The molecule has 2 heterocycles. The molecule has 0 radical (unpaired) electrons. The minimum atomic E-state index is -0.114. The van der Waals surface area contributed by atoms with Gasteiger partial charge in [0.25, 0.3) is 5.91 Å². The van der Waals surface area contributed by atoms with Crippen LogP contribution in [0.4, 0.5) is 0 Å². The van der Waals surface area contributed by atoms with E-state index in [1.807, 2.05) is 13.1 Å². The summed E-state index contributed by atoms with van der Waals surface area (Å²) < 4.78 is 10.5. The molecular weight excluding hydrogens is 276 g/mol. The van der Waals surface area contributed by atoms with E-state index in [9.17, 15) is 4.79 Å². The van der Waals surface area contributed by atoms with Crippen molar-refractivity contribution < 1.29 is 14.3 Å². The van der Waals surface area contributed by atoms with E-state index < -0.39 is 0 Å². The molecule has 1 N–H and O–H groups in total. The summed E-state index contributed by atoms with van der Waals surface area (Å²) in [5.41, 5.74) is 0.574. The number of amides is 1. The van der Waals surface area contributed by atoms with E-state index in [1.165, 1.54) is 4.88 Å². The predicted molar refractivity (Wildman–Crippen MR) is 75.5 cm³/mol. The predicted octanol–water partition coefficient (Wildman–Crippen LogP) is 2.15. The zero-order valence-corrected chi connectivity index (χ0v) is 11.8. The highest BCUT2D eigenvalue weighted by Crippen LogP contribution is 2.32. The maximum absolute atomic E-state index is 12.0. The van der Waals surface area contributed by atoms with Crippen LogP contribution in [-0.2, 0) is 6.42 Å². The number of carbonyl (C=O) groups is 1. The fraction of sp³-hybridized carbons (Fsp3) is 0.286. The van der Waals surface area contributed by atoms with Crippen molar-refractivity contribution in [2.24, 2.45) is 0 Å². The first-order valence-corrected chi connectivity index (χ1v) is 7.13.